The Balaban J connectivity index is 1.80. The molecule has 0 amide bonds. The molecular formula is C17H22N2OS. The number of thiazole rings is 1. The van der Waals surface area contributed by atoms with Crippen molar-refractivity contribution in [2.45, 2.75) is 39.2 Å². The maximum absolute atomic E-state index is 12.0. The zero-order valence-electron chi connectivity index (χ0n) is 12.8. The number of ketones is 1. The molecule has 0 spiro atoms. The van der Waals surface area contributed by atoms with Crippen LogP contribution in [0, 0.1) is 6.92 Å². The van der Waals surface area contributed by atoms with Crippen LogP contribution < -0.4 is 5.32 Å². The molecule has 1 heterocycles. The molecule has 1 N–H and O–H groups in total. The first-order valence-electron chi connectivity index (χ1n) is 7.20. The van der Waals surface area contributed by atoms with Crippen LogP contribution in [0.25, 0.3) is 0 Å². The number of nitrogens with zero attached hydrogens (tertiary/aromatic N) is 1. The number of nitrogens with one attached hydrogen (secondary N) is 1. The van der Waals surface area contributed by atoms with Gasteiger partial charge in [-0.15, -0.1) is 11.3 Å². The largest absolute Gasteiger partial charge is 0.311 e. The van der Waals surface area contributed by atoms with Gasteiger partial charge in [0.25, 0.3) is 0 Å². The van der Waals surface area contributed by atoms with Crippen molar-refractivity contribution >= 4 is 17.1 Å². The maximum Gasteiger partial charge on any atom is 0.192 e. The fraction of sp³-hybridized carbons (Fsp3) is 0.412. The molecule has 2 aromatic rings. The Hall–Kier alpha value is -1.52. The molecule has 0 bridgehead atoms. The molecule has 0 atom stereocenters. The number of Topliss-reactive ketones (excluding diaryl/α,β-unsaturated/α-hetero) is 1. The summed E-state index contributed by atoms with van der Waals surface area (Å²) in [6.45, 7) is 6.92. The lowest BCUT2D eigenvalue weighted by Crippen LogP contribution is -2.42. The second-order valence-electron chi connectivity index (χ2n) is 5.94. The summed E-state index contributed by atoms with van der Waals surface area (Å²) in [5, 5.41) is 6.01. The quantitative estimate of drug-likeness (QED) is 0.794. The highest BCUT2D eigenvalue weighted by atomic mass is 32.1. The minimum Gasteiger partial charge on any atom is -0.311 e. The van der Waals surface area contributed by atoms with Gasteiger partial charge >= 0.3 is 0 Å². The average Bonchev–Trinajstić information content (AvgIpc) is 2.86. The average molecular weight is 302 g/mol. The van der Waals surface area contributed by atoms with E-state index >= 15 is 0 Å². The summed E-state index contributed by atoms with van der Waals surface area (Å²) < 4.78 is 0. The van der Waals surface area contributed by atoms with Crippen molar-refractivity contribution < 1.29 is 4.79 Å². The van der Waals surface area contributed by atoms with Gasteiger partial charge in [0.2, 0.25) is 0 Å². The second-order valence-corrected chi connectivity index (χ2v) is 6.80. The van der Waals surface area contributed by atoms with Gasteiger partial charge in [0.1, 0.15) is 0 Å². The predicted molar refractivity (Wildman–Crippen MR) is 88.0 cm³/mol. The van der Waals surface area contributed by atoms with E-state index in [4.69, 9.17) is 0 Å². The minimum absolute atomic E-state index is 0.0274. The van der Waals surface area contributed by atoms with E-state index in [1.807, 2.05) is 18.4 Å². The van der Waals surface area contributed by atoms with Crippen molar-refractivity contribution in [3.05, 3.63) is 52.0 Å². The monoisotopic (exact) mass is 302 g/mol. The van der Waals surface area contributed by atoms with Crippen molar-refractivity contribution in [3.8, 4) is 0 Å². The molecule has 3 nitrogen and oxygen atoms in total. The fourth-order valence-corrected chi connectivity index (χ4v) is 3.04. The van der Waals surface area contributed by atoms with E-state index in [0.717, 1.165) is 12.1 Å². The van der Waals surface area contributed by atoms with Gasteiger partial charge in [-0.25, -0.2) is 4.98 Å². The molecule has 0 aliphatic heterocycles. The summed E-state index contributed by atoms with van der Waals surface area (Å²) in [6.07, 6.45) is 1.43. The highest BCUT2D eigenvalue weighted by molar-refractivity contribution is 7.11. The Morgan fingerprint density at radius 1 is 1.29 bits per heavy atom. The molecule has 4 heteroatoms. The van der Waals surface area contributed by atoms with E-state index in [1.54, 1.807) is 0 Å². The van der Waals surface area contributed by atoms with E-state index in [9.17, 15) is 4.79 Å². The van der Waals surface area contributed by atoms with Crippen LogP contribution >= 0.6 is 11.3 Å². The Labute approximate surface area is 130 Å². The molecule has 0 fully saturated rings. The number of benzene rings is 1. The summed E-state index contributed by atoms with van der Waals surface area (Å²) in [5.41, 5.74) is 2.19. The molecule has 0 aliphatic carbocycles. The number of aromatic nitrogens is 1. The van der Waals surface area contributed by atoms with Gasteiger partial charge in [0.15, 0.2) is 10.8 Å². The van der Waals surface area contributed by atoms with Gasteiger partial charge in [-0.1, -0.05) is 30.3 Å². The normalized spacial score (nSPS) is 11.6. The van der Waals surface area contributed by atoms with Gasteiger partial charge < -0.3 is 5.32 Å². The summed E-state index contributed by atoms with van der Waals surface area (Å²) in [4.78, 5) is 16.2. The molecule has 1 aromatic heterocycles. The van der Waals surface area contributed by atoms with Crippen molar-refractivity contribution in [2.24, 2.45) is 0 Å². The number of carbonyl (C=O) groups excluding carboxylic acids is 1. The summed E-state index contributed by atoms with van der Waals surface area (Å²) in [6, 6.07) is 10.4. The minimum atomic E-state index is -0.0274. The third-order valence-corrected chi connectivity index (χ3v) is 4.30. The van der Waals surface area contributed by atoms with Crippen LogP contribution in [0.4, 0.5) is 0 Å². The van der Waals surface area contributed by atoms with E-state index in [-0.39, 0.29) is 11.3 Å². The lowest BCUT2D eigenvalue weighted by Gasteiger charge is -2.26. The lowest BCUT2D eigenvalue weighted by atomic mass is 9.95. The second kappa shape index (κ2) is 6.96. The third-order valence-electron chi connectivity index (χ3n) is 3.30. The number of hydrogen-bond donors (Lipinski definition) is 1. The van der Waals surface area contributed by atoms with Crippen LogP contribution in [0.15, 0.2) is 35.7 Å². The molecule has 0 unspecified atom stereocenters. The maximum atomic E-state index is 12.0. The molecule has 112 valence electrons. The van der Waals surface area contributed by atoms with Crippen LogP contribution in [-0.4, -0.2) is 22.9 Å². The van der Waals surface area contributed by atoms with Crippen LogP contribution in [0.2, 0.25) is 0 Å². The zero-order chi connectivity index (χ0) is 15.3. The van der Waals surface area contributed by atoms with Crippen molar-refractivity contribution in [2.75, 3.05) is 6.54 Å². The first-order chi connectivity index (χ1) is 9.96. The SMILES string of the molecule is Cc1csc(C(=O)CCNC(C)(C)Cc2ccccc2)n1. The van der Waals surface area contributed by atoms with Crippen LogP contribution in [0.5, 0.6) is 0 Å². The molecule has 1 aromatic carbocycles. The molecule has 2 rings (SSSR count). The molecule has 21 heavy (non-hydrogen) atoms. The van der Waals surface area contributed by atoms with Gasteiger partial charge in [-0.3, -0.25) is 4.79 Å². The smallest absolute Gasteiger partial charge is 0.192 e. The Kier molecular flexibility index (Phi) is 5.26. The molecule has 0 radical (unpaired) electrons. The number of rotatable bonds is 7. The van der Waals surface area contributed by atoms with Gasteiger partial charge in [0, 0.05) is 29.6 Å². The van der Waals surface area contributed by atoms with E-state index in [1.165, 1.54) is 16.9 Å². The molecule has 0 saturated heterocycles. The first-order valence-corrected chi connectivity index (χ1v) is 8.08. The summed E-state index contributed by atoms with van der Waals surface area (Å²) >= 11 is 1.43. The summed E-state index contributed by atoms with van der Waals surface area (Å²) in [7, 11) is 0. The standard InChI is InChI=1S/C17H22N2OS/c1-13-12-21-16(19-13)15(20)9-10-18-17(2,3)11-14-7-5-4-6-8-14/h4-8,12,18H,9-11H2,1-3H3. The molecular weight excluding hydrogens is 280 g/mol. The lowest BCUT2D eigenvalue weighted by molar-refractivity contribution is 0.0979. The van der Waals surface area contributed by atoms with Crippen LogP contribution in [0.3, 0.4) is 0 Å². The number of hydrogen-bond acceptors (Lipinski definition) is 4. The van der Waals surface area contributed by atoms with Crippen LogP contribution in [-0.2, 0) is 6.42 Å². The van der Waals surface area contributed by atoms with Crippen molar-refractivity contribution in [1.82, 2.24) is 10.3 Å². The van der Waals surface area contributed by atoms with Gasteiger partial charge in [-0.05, 0) is 32.8 Å². The Morgan fingerprint density at radius 3 is 2.62 bits per heavy atom. The molecule has 0 saturated carbocycles. The Bertz CT molecular complexity index is 590. The number of aryl methyl sites for hydroxylation is 1. The number of carbonyl (C=O) groups is 1. The van der Waals surface area contributed by atoms with Crippen LogP contribution in [0.1, 0.15) is 41.3 Å². The highest BCUT2D eigenvalue weighted by Gasteiger charge is 2.18. The highest BCUT2D eigenvalue weighted by Crippen LogP contribution is 2.14. The zero-order valence-corrected chi connectivity index (χ0v) is 13.7. The summed E-state index contributed by atoms with van der Waals surface area (Å²) in [5.74, 6) is 0.121. The predicted octanol–water partition coefficient (Wildman–Crippen LogP) is 3.64. The Morgan fingerprint density at radius 2 is 2.00 bits per heavy atom. The van der Waals surface area contributed by atoms with Crippen molar-refractivity contribution in [1.29, 1.82) is 0 Å². The fourth-order valence-electron chi connectivity index (χ4n) is 2.27. The van der Waals surface area contributed by atoms with E-state index < -0.39 is 0 Å². The van der Waals surface area contributed by atoms with E-state index in [0.29, 0.717) is 18.0 Å². The van der Waals surface area contributed by atoms with Gasteiger partial charge in [0.05, 0.1) is 0 Å². The topological polar surface area (TPSA) is 42.0 Å². The van der Waals surface area contributed by atoms with Gasteiger partial charge in [-0.2, -0.15) is 0 Å². The van der Waals surface area contributed by atoms with Crippen molar-refractivity contribution in [3.63, 3.8) is 0 Å². The van der Waals surface area contributed by atoms with E-state index in [2.05, 4.69) is 48.4 Å². The molecule has 0 aliphatic rings. The first kappa shape index (κ1) is 15.9. The third kappa shape index (κ3) is 5.06.